The van der Waals surface area contributed by atoms with Crippen LogP contribution in [0.1, 0.15) is 51.5 Å². The first-order chi connectivity index (χ1) is 8.69. The molecule has 1 unspecified atom stereocenters. The van der Waals surface area contributed by atoms with Crippen molar-refractivity contribution in [1.29, 1.82) is 0 Å². The zero-order valence-electron chi connectivity index (χ0n) is 11.3. The maximum atomic E-state index is 6.19. The lowest BCUT2D eigenvalue weighted by molar-refractivity contribution is 0.434. The number of nitrogens with one attached hydrogen (secondary N) is 1. The van der Waals surface area contributed by atoms with Crippen molar-refractivity contribution in [3.63, 3.8) is 0 Å². The Balaban J connectivity index is 2.52. The molecular formula is C15H23Cl2N. The highest BCUT2D eigenvalue weighted by molar-refractivity contribution is 6.42. The van der Waals surface area contributed by atoms with Crippen molar-refractivity contribution in [1.82, 2.24) is 5.32 Å². The third-order valence-corrected chi connectivity index (χ3v) is 4.01. The minimum atomic E-state index is 0.588. The monoisotopic (exact) mass is 287 g/mol. The van der Waals surface area contributed by atoms with Crippen molar-refractivity contribution >= 4 is 23.2 Å². The Bertz CT molecular complexity index is 352. The molecule has 0 saturated heterocycles. The first-order valence-corrected chi connectivity index (χ1v) is 7.60. The molecule has 0 aliphatic rings. The molecule has 0 amide bonds. The van der Waals surface area contributed by atoms with Crippen LogP contribution in [0, 0.1) is 0 Å². The van der Waals surface area contributed by atoms with Crippen LogP contribution in [0.4, 0.5) is 0 Å². The van der Waals surface area contributed by atoms with Gasteiger partial charge in [0.15, 0.2) is 0 Å². The number of rotatable bonds is 8. The van der Waals surface area contributed by atoms with E-state index < -0.39 is 0 Å². The third-order valence-electron chi connectivity index (χ3n) is 3.16. The van der Waals surface area contributed by atoms with Gasteiger partial charge < -0.3 is 5.32 Å². The summed E-state index contributed by atoms with van der Waals surface area (Å²) in [6, 6.07) is 6.40. The molecule has 0 heterocycles. The molecule has 1 nitrogen and oxygen atoms in total. The molecule has 0 fully saturated rings. The zero-order chi connectivity index (χ0) is 13.4. The number of hydrogen-bond donors (Lipinski definition) is 1. The molecule has 18 heavy (non-hydrogen) atoms. The van der Waals surface area contributed by atoms with Gasteiger partial charge in [0, 0.05) is 12.6 Å². The van der Waals surface area contributed by atoms with E-state index in [4.69, 9.17) is 23.2 Å². The number of unbranched alkanes of at least 4 members (excludes halogenated alkanes) is 1. The van der Waals surface area contributed by atoms with Crippen LogP contribution in [-0.4, -0.2) is 6.04 Å². The second kappa shape index (κ2) is 8.79. The van der Waals surface area contributed by atoms with E-state index in [9.17, 15) is 0 Å². The fraction of sp³-hybridized carbons (Fsp3) is 0.600. The largest absolute Gasteiger partial charge is 0.310 e. The molecule has 0 spiro atoms. The van der Waals surface area contributed by atoms with Crippen LogP contribution in [0.2, 0.25) is 10.0 Å². The number of halogens is 2. The summed E-state index contributed by atoms with van der Waals surface area (Å²) in [5.41, 5.74) is 1.08. The van der Waals surface area contributed by atoms with Crippen LogP contribution in [0.15, 0.2) is 18.2 Å². The van der Waals surface area contributed by atoms with Crippen LogP contribution in [0.5, 0.6) is 0 Å². The Morgan fingerprint density at radius 3 is 2.56 bits per heavy atom. The average Bonchev–Trinajstić information content (AvgIpc) is 2.37. The molecule has 0 saturated carbocycles. The minimum Gasteiger partial charge on any atom is -0.310 e. The summed E-state index contributed by atoms with van der Waals surface area (Å²) < 4.78 is 0. The van der Waals surface area contributed by atoms with E-state index in [1.165, 1.54) is 32.1 Å². The van der Waals surface area contributed by atoms with Crippen LogP contribution in [0.25, 0.3) is 0 Å². The molecule has 1 N–H and O–H groups in total. The van der Waals surface area contributed by atoms with Crippen LogP contribution < -0.4 is 5.32 Å². The number of hydrogen-bond acceptors (Lipinski definition) is 1. The summed E-state index contributed by atoms with van der Waals surface area (Å²) in [5, 5.41) is 4.91. The van der Waals surface area contributed by atoms with Gasteiger partial charge >= 0.3 is 0 Å². The molecule has 0 aliphatic heterocycles. The molecule has 3 heteroatoms. The number of benzene rings is 1. The van der Waals surface area contributed by atoms with E-state index in [-0.39, 0.29) is 0 Å². The Labute approximate surface area is 121 Å². The lowest BCUT2D eigenvalue weighted by Crippen LogP contribution is -2.28. The van der Waals surface area contributed by atoms with Crippen LogP contribution in [-0.2, 0) is 6.54 Å². The van der Waals surface area contributed by atoms with Gasteiger partial charge in [-0.2, -0.15) is 0 Å². The van der Waals surface area contributed by atoms with Gasteiger partial charge in [0.25, 0.3) is 0 Å². The Kier molecular flexibility index (Phi) is 7.73. The quantitative estimate of drug-likeness (QED) is 0.671. The lowest BCUT2D eigenvalue weighted by atomic mass is 10.0. The zero-order valence-corrected chi connectivity index (χ0v) is 12.8. The molecule has 0 aromatic heterocycles. The molecule has 0 aliphatic carbocycles. The van der Waals surface area contributed by atoms with E-state index in [0.29, 0.717) is 16.1 Å². The van der Waals surface area contributed by atoms with E-state index >= 15 is 0 Å². The molecule has 1 aromatic rings. The van der Waals surface area contributed by atoms with Crippen molar-refractivity contribution in [2.24, 2.45) is 0 Å². The maximum Gasteiger partial charge on any atom is 0.0637 e. The fourth-order valence-corrected chi connectivity index (χ4v) is 2.47. The highest BCUT2D eigenvalue weighted by atomic mass is 35.5. The first kappa shape index (κ1) is 15.8. The van der Waals surface area contributed by atoms with E-state index in [0.717, 1.165) is 12.1 Å². The van der Waals surface area contributed by atoms with E-state index in [1.54, 1.807) is 0 Å². The van der Waals surface area contributed by atoms with Crippen molar-refractivity contribution in [2.75, 3.05) is 0 Å². The summed E-state index contributed by atoms with van der Waals surface area (Å²) in [4.78, 5) is 0. The maximum absolute atomic E-state index is 6.19. The molecular weight excluding hydrogens is 265 g/mol. The van der Waals surface area contributed by atoms with Crippen molar-refractivity contribution in [3.8, 4) is 0 Å². The molecule has 0 radical (unpaired) electrons. The second-order valence-electron chi connectivity index (χ2n) is 4.72. The van der Waals surface area contributed by atoms with Crippen molar-refractivity contribution < 1.29 is 0 Å². The van der Waals surface area contributed by atoms with Gasteiger partial charge in [-0.25, -0.2) is 0 Å². The van der Waals surface area contributed by atoms with E-state index in [2.05, 4.69) is 19.2 Å². The predicted molar refractivity (Wildman–Crippen MR) is 81.5 cm³/mol. The van der Waals surface area contributed by atoms with Crippen molar-refractivity contribution in [2.45, 2.75) is 58.5 Å². The third kappa shape index (κ3) is 5.17. The lowest BCUT2D eigenvalue weighted by Gasteiger charge is -2.18. The predicted octanol–water partition coefficient (Wildman–Crippen LogP) is 5.44. The molecule has 0 bridgehead atoms. The highest BCUT2D eigenvalue weighted by Gasteiger charge is 2.09. The Hall–Kier alpha value is -0.240. The Morgan fingerprint density at radius 1 is 1.11 bits per heavy atom. The normalized spacial score (nSPS) is 12.7. The first-order valence-electron chi connectivity index (χ1n) is 6.85. The van der Waals surface area contributed by atoms with Gasteiger partial charge in [0.2, 0.25) is 0 Å². The fourth-order valence-electron chi connectivity index (χ4n) is 2.09. The van der Waals surface area contributed by atoms with Crippen LogP contribution >= 0.6 is 23.2 Å². The topological polar surface area (TPSA) is 12.0 Å². The van der Waals surface area contributed by atoms with Crippen molar-refractivity contribution in [3.05, 3.63) is 33.8 Å². The van der Waals surface area contributed by atoms with Gasteiger partial charge in [-0.15, -0.1) is 0 Å². The summed E-state index contributed by atoms with van der Waals surface area (Å²) in [7, 11) is 0. The summed E-state index contributed by atoms with van der Waals surface area (Å²) in [5.74, 6) is 0. The van der Waals surface area contributed by atoms with Gasteiger partial charge in [0.1, 0.15) is 0 Å². The van der Waals surface area contributed by atoms with E-state index in [1.807, 2.05) is 18.2 Å². The smallest absolute Gasteiger partial charge is 0.0637 e. The highest BCUT2D eigenvalue weighted by Crippen LogP contribution is 2.25. The molecule has 1 aromatic carbocycles. The minimum absolute atomic E-state index is 0.588. The summed E-state index contributed by atoms with van der Waals surface area (Å²) >= 11 is 12.2. The average molecular weight is 288 g/mol. The molecule has 102 valence electrons. The summed E-state index contributed by atoms with van der Waals surface area (Å²) in [6.07, 6.45) is 6.20. The summed E-state index contributed by atoms with van der Waals surface area (Å²) in [6.45, 7) is 5.26. The molecule has 1 atom stereocenters. The van der Waals surface area contributed by atoms with Gasteiger partial charge in [-0.1, -0.05) is 68.4 Å². The SMILES string of the molecule is CCCCC(CCC)NCc1cccc(Cl)c1Cl. The van der Waals surface area contributed by atoms with Gasteiger partial charge in [-0.3, -0.25) is 0 Å². The van der Waals surface area contributed by atoms with Gasteiger partial charge in [0.05, 0.1) is 10.0 Å². The standard InChI is InChI=1S/C15H23Cl2N/c1-3-5-9-13(7-4-2)18-11-12-8-6-10-14(16)15(12)17/h6,8,10,13,18H,3-5,7,9,11H2,1-2H3. The van der Waals surface area contributed by atoms with Gasteiger partial charge in [-0.05, 0) is 24.5 Å². The second-order valence-corrected chi connectivity index (χ2v) is 5.51. The van der Waals surface area contributed by atoms with Crippen LogP contribution in [0.3, 0.4) is 0 Å². The Morgan fingerprint density at radius 2 is 1.89 bits per heavy atom. The molecule has 1 rings (SSSR count).